The summed E-state index contributed by atoms with van der Waals surface area (Å²) in [5, 5.41) is 8.41. The summed E-state index contributed by atoms with van der Waals surface area (Å²) >= 11 is 0. The molecular weight excluding hydrogens is 171 g/mol. The molecule has 0 rings (SSSR count). The van der Waals surface area contributed by atoms with Gasteiger partial charge in [-0.1, -0.05) is 7.60 Å². The normalized spacial score (nSPS) is 13.1. The molecule has 0 aliphatic rings. The average Bonchev–Trinajstić information content (AvgIpc) is 1.56. The van der Waals surface area contributed by atoms with E-state index in [1.165, 1.54) is 13.8 Å². The predicted molar refractivity (Wildman–Crippen MR) is 33.9 cm³/mol. The highest BCUT2D eigenvalue weighted by Gasteiger charge is 2.27. The molecule has 66 valence electrons. The van der Waals surface area contributed by atoms with E-state index in [1.54, 1.807) is 0 Å². The van der Waals surface area contributed by atoms with Gasteiger partial charge in [-0.25, -0.2) is 0 Å². The van der Waals surface area contributed by atoms with Crippen molar-refractivity contribution in [1.29, 1.82) is 0 Å². The highest BCUT2D eigenvalue weighted by Crippen LogP contribution is 2.33. The van der Waals surface area contributed by atoms with Gasteiger partial charge in [-0.2, -0.15) is 0 Å². The van der Waals surface area contributed by atoms with Gasteiger partial charge in [-0.3, -0.25) is 4.79 Å². The van der Waals surface area contributed by atoms with E-state index in [1.807, 2.05) is 0 Å². The molecule has 0 unspecified atom stereocenters. The van der Waals surface area contributed by atoms with Crippen LogP contribution >= 0.6 is 7.60 Å². The Balaban J connectivity index is 4.37. The Morgan fingerprint density at radius 3 is 2.00 bits per heavy atom. The predicted octanol–water partition coefficient (Wildman–Crippen LogP) is -0.989. The van der Waals surface area contributed by atoms with Gasteiger partial charge in [-0.15, -0.1) is 0 Å². The molecule has 0 radical (unpaired) electrons. The van der Waals surface area contributed by atoms with E-state index in [-0.39, 0.29) is 0 Å². The van der Waals surface area contributed by atoms with Crippen LogP contribution in [0.3, 0.4) is 0 Å². The van der Waals surface area contributed by atoms with Gasteiger partial charge < -0.3 is 19.5 Å². The zero-order valence-corrected chi connectivity index (χ0v) is 7.13. The van der Waals surface area contributed by atoms with Crippen LogP contribution in [0.5, 0.6) is 0 Å². The van der Waals surface area contributed by atoms with Crippen molar-refractivity contribution in [2.75, 3.05) is 6.16 Å². The minimum absolute atomic E-state index is 0.852. The SMILES string of the molecule is CC(C)(CP(=O)([O-])[O-])C(=O)O. The van der Waals surface area contributed by atoms with Crippen LogP contribution in [0.25, 0.3) is 0 Å². The van der Waals surface area contributed by atoms with E-state index in [0.717, 1.165) is 0 Å². The molecular formula is C5H9O5P-2. The van der Waals surface area contributed by atoms with Gasteiger partial charge >= 0.3 is 5.97 Å². The highest BCUT2D eigenvalue weighted by molar-refractivity contribution is 7.48. The average molecular weight is 180 g/mol. The summed E-state index contributed by atoms with van der Waals surface area (Å²) in [6, 6.07) is 0. The largest absolute Gasteiger partial charge is 0.811 e. The Morgan fingerprint density at radius 2 is 1.91 bits per heavy atom. The first-order chi connectivity index (χ1) is 4.65. The van der Waals surface area contributed by atoms with Crippen molar-refractivity contribution in [1.82, 2.24) is 0 Å². The molecule has 0 aromatic carbocycles. The molecule has 0 heterocycles. The first kappa shape index (κ1) is 10.6. The molecule has 11 heavy (non-hydrogen) atoms. The van der Waals surface area contributed by atoms with E-state index in [9.17, 15) is 19.1 Å². The van der Waals surface area contributed by atoms with E-state index in [0.29, 0.717) is 0 Å². The third kappa shape index (κ3) is 4.14. The molecule has 0 amide bonds. The minimum Gasteiger partial charge on any atom is -0.811 e. The van der Waals surface area contributed by atoms with E-state index >= 15 is 0 Å². The quantitative estimate of drug-likeness (QED) is 0.562. The molecule has 0 aliphatic carbocycles. The van der Waals surface area contributed by atoms with Crippen LogP contribution in [0.15, 0.2) is 0 Å². The first-order valence-electron chi connectivity index (χ1n) is 2.90. The van der Waals surface area contributed by atoms with E-state index in [4.69, 9.17) is 5.11 Å². The van der Waals surface area contributed by atoms with Gasteiger partial charge in [0.2, 0.25) is 0 Å². The maximum absolute atomic E-state index is 10.3. The molecule has 1 N–H and O–H groups in total. The van der Waals surface area contributed by atoms with Gasteiger partial charge in [-0.05, 0) is 20.0 Å². The Bertz CT molecular complexity index is 203. The van der Waals surface area contributed by atoms with Crippen molar-refractivity contribution in [3.63, 3.8) is 0 Å². The summed E-state index contributed by atoms with van der Waals surface area (Å²) < 4.78 is 10.2. The molecule has 0 bridgehead atoms. The van der Waals surface area contributed by atoms with Crippen LogP contribution in [0, 0.1) is 5.41 Å². The monoisotopic (exact) mass is 180 g/mol. The van der Waals surface area contributed by atoms with E-state index < -0.39 is 25.1 Å². The standard InChI is InChI=1S/C5H11O5P/c1-5(2,4(6)7)3-11(8,9)10/h3H2,1-2H3,(H,6,7)(H2,8,9,10)/p-2. The van der Waals surface area contributed by atoms with E-state index in [2.05, 4.69) is 0 Å². The lowest BCUT2D eigenvalue weighted by Gasteiger charge is -2.35. The second-order valence-corrected chi connectivity index (χ2v) is 4.50. The molecule has 0 aromatic heterocycles. The lowest BCUT2D eigenvalue weighted by Crippen LogP contribution is -2.33. The van der Waals surface area contributed by atoms with Gasteiger partial charge in [0.05, 0.1) is 5.41 Å². The molecule has 0 saturated heterocycles. The third-order valence-corrected chi connectivity index (χ3v) is 2.35. The van der Waals surface area contributed by atoms with Crippen LogP contribution in [0.1, 0.15) is 13.8 Å². The number of hydrogen-bond acceptors (Lipinski definition) is 4. The molecule has 0 fully saturated rings. The smallest absolute Gasteiger partial charge is 0.309 e. The van der Waals surface area contributed by atoms with Crippen molar-refractivity contribution in [3.05, 3.63) is 0 Å². The fourth-order valence-electron chi connectivity index (χ4n) is 0.552. The van der Waals surface area contributed by atoms with Crippen LogP contribution in [0.4, 0.5) is 0 Å². The highest BCUT2D eigenvalue weighted by atomic mass is 31.2. The van der Waals surface area contributed by atoms with Crippen LogP contribution < -0.4 is 9.79 Å². The van der Waals surface area contributed by atoms with Crippen LogP contribution in [-0.2, 0) is 9.36 Å². The molecule has 0 spiro atoms. The maximum atomic E-state index is 10.3. The van der Waals surface area contributed by atoms with Crippen molar-refractivity contribution in [3.8, 4) is 0 Å². The lowest BCUT2D eigenvalue weighted by molar-refractivity contribution is -0.314. The zero-order chi connectivity index (χ0) is 9.28. The number of carbonyl (C=O) groups is 1. The minimum atomic E-state index is -4.72. The maximum Gasteiger partial charge on any atom is 0.309 e. The Kier molecular flexibility index (Phi) is 2.83. The number of aliphatic carboxylic acids is 1. The third-order valence-electron chi connectivity index (χ3n) is 1.17. The van der Waals surface area contributed by atoms with Gasteiger partial charge in [0.1, 0.15) is 0 Å². The zero-order valence-electron chi connectivity index (χ0n) is 6.23. The number of carboxylic acid groups (broad SMARTS) is 1. The Labute approximate surface area is 64.2 Å². The Hall–Kier alpha value is -0.380. The van der Waals surface area contributed by atoms with Gasteiger partial charge in [0.15, 0.2) is 0 Å². The summed E-state index contributed by atoms with van der Waals surface area (Å²) in [5.74, 6) is -1.29. The van der Waals surface area contributed by atoms with Crippen LogP contribution in [-0.4, -0.2) is 17.2 Å². The molecule has 0 aliphatic heterocycles. The van der Waals surface area contributed by atoms with Gasteiger partial charge in [0.25, 0.3) is 0 Å². The van der Waals surface area contributed by atoms with Crippen molar-refractivity contribution in [2.45, 2.75) is 13.8 Å². The molecule has 0 saturated carbocycles. The first-order valence-corrected chi connectivity index (χ1v) is 4.62. The molecule has 6 heteroatoms. The number of hydrogen-bond donors (Lipinski definition) is 1. The summed E-state index contributed by atoms with van der Waals surface area (Å²) in [5.41, 5.74) is -1.49. The lowest BCUT2D eigenvalue weighted by atomic mass is 9.97. The summed E-state index contributed by atoms with van der Waals surface area (Å²) in [4.78, 5) is 30.6. The fourth-order valence-corrected chi connectivity index (χ4v) is 1.66. The molecule has 5 nitrogen and oxygen atoms in total. The van der Waals surface area contributed by atoms with Gasteiger partial charge in [0, 0.05) is 0 Å². The summed E-state index contributed by atoms with van der Waals surface area (Å²) in [6.07, 6.45) is -0.852. The summed E-state index contributed by atoms with van der Waals surface area (Å²) in [6.45, 7) is 2.38. The molecule has 0 atom stereocenters. The fraction of sp³-hybridized carbons (Fsp3) is 0.800. The summed E-state index contributed by atoms with van der Waals surface area (Å²) in [7, 11) is -4.72. The number of carboxylic acids is 1. The number of rotatable bonds is 3. The van der Waals surface area contributed by atoms with Crippen LogP contribution in [0.2, 0.25) is 0 Å². The second-order valence-electron chi connectivity index (χ2n) is 2.96. The Morgan fingerprint density at radius 1 is 1.55 bits per heavy atom. The molecule has 0 aromatic rings. The topological polar surface area (TPSA) is 100 Å². The van der Waals surface area contributed by atoms with Crippen molar-refractivity contribution >= 4 is 13.6 Å². The second kappa shape index (κ2) is 2.93. The van der Waals surface area contributed by atoms with Crippen molar-refractivity contribution in [2.24, 2.45) is 5.41 Å². The van der Waals surface area contributed by atoms with Crippen molar-refractivity contribution < 1.29 is 24.3 Å².